The van der Waals surface area contributed by atoms with Gasteiger partial charge in [-0.3, -0.25) is 0 Å². The summed E-state index contributed by atoms with van der Waals surface area (Å²) in [5.74, 6) is -1.15. The summed E-state index contributed by atoms with van der Waals surface area (Å²) in [7, 11) is 0. The lowest BCUT2D eigenvalue weighted by atomic mass is 9.73. The Morgan fingerprint density at radius 2 is 1.16 bits per heavy atom. The zero-order chi connectivity index (χ0) is 24.6. The average Bonchev–Trinajstić information content (AvgIpc) is 2.71. The molecule has 0 fully saturated rings. The summed E-state index contributed by atoms with van der Waals surface area (Å²) in [6.45, 7) is 15.4. The van der Waals surface area contributed by atoms with Crippen molar-refractivity contribution >= 4 is 24.1 Å². The van der Waals surface area contributed by atoms with Gasteiger partial charge < -0.3 is 29.6 Å². The average molecular weight is 457 g/mol. The van der Waals surface area contributed by atoms with Gasteiger partial charge >= 0.3 is 24.1 Å². The molecule has 0 rings (SSSR count). The normalized spacial score (nSPS) is 11.0. The largest absolute Gasteiger partial charge is 0.459 e. The van der Waals surface area contributed by atoms with Crippen molar-refractivity contribution < 1.29 is 38.1 Å². The van der Waals surface area contributed by atoms with Crippen LogP contribution in [0.2, 0.25) is 0 Å². The summed E-state index contributed by atoms with van der Waals surface area (Å²) in [6, 6.07) is 0. The molecule has 0 aromatic rings. The van der Waals surface area contributed by atoms with Crippen LogP contribution in [0.1, 0.15) is 40.5 Å². The molecule has 0 radical (unpaired) electrons. The number of carbonyl (C=O) groups excluding carboxylic acids is 4. The summed E-state index contributed by atoms with van der Waals surface area (Å²) in [5, 5.41) is 5.37. The summed E-state index contributed by atoms with van der Waals surface area (Å²) in [5.41, 5.74) is -0.353. The maximum Gasteiger partial charge on any atom is 0.407 e. The predicted molar refractivity (Wildman–Crippen MR) is 118 cm³/mol. The van der Waals surface area contributed by atoms with Gasteiger partial charge in [0, 0.05) is 25.2 Å². The highest BCUT2D eigenvalue weighted by Gasteiger charge is 2.29. The molecule has 2 amide bonds. The van der Waals surface area contributed by atoms with Gasteiger partial charge in [-0.25, -0.2) is 19.2 Å². The van der Waals surface area contributed by atoms with Crippen LogP contribution in [0, 0.1) is 10.8 Å². The first-order chi connectivity index (χ1) is 14.9. The fraction of sp³-hybridized carbons (Fsp3) is 0.636. The predicted octanol–water partition coefficient (Wildman–Crippen LogP) is 2.73. The van der Waals surface area contributed by atoms with Crippen LogP contribution in [-0.2, 0) is 28.5 Å². The Balaban J connectivity index is 4.12. The molecule has 0 heterocycles. The van der Waals surface area contributed by atoms with Gasteiger partial charge in [0.2, 0.25) is 0 Å². The van der Waals surface area contributed by atoms with Gasteiger partial charge in [0.15, 0.2) is 0 Å². The number of amides is 2. The lowest BCUT2D eigenvalue weighted by molar-refractivity contribution is -0.139. The third-order valence-electron chi connectivity index (χ3n) is 4.19. The molecule has 0 spiro atoms. The molecule has 0 bridgehead atoms. The van der Waals surface area contributed by atoms with Crippen molar-refractivity contribution in [3.05, 3.63) is 25.3 Å². The van der Waals surface area contributed by atoms with Gasteiger partial charge in [-0.05, 0) is 23.7 Å². The van der Waals surface area contributed by atoms with Crippen molar-refractivity contribution in [1.29, 1.82) is 0 Å². The Morgan fingerprint density at radius 1 is 0.719 bits per heavy atom. The Hall–Kier alpha value is -3.04. The number of rotatable bonds is 15. The second-order valence-corrected chi connectivity index (χ2v) is 8.55. The smallest absolute Gasteiger partial charge is 0.407 e. The molecule has 10 heteroatoms. The fourth-order valence-electron chi connectivity index (χ4n) is 3.03. The third kappa shape index (κ3) is 15.8. The van der Waals surface area contributed by atoms with Gasteiger partial charge in [-0.15, -0.1) is 0 Å². The van der Waals surface area contributed by atoms with Crippen molar-refractivity contribution in [2.24, 2.45) is 10.8 Å². The molecule has 0 aliphatic rings. The van der Waals surface area contributed by atoms with Gasteiger partial charge in [-0.1, -0.05) is 40.9 Å². The molecule has 182 valence electrons. The van der Waals surface area contributed by atoms with E-state index >= 15 is 0 Å². The van der Waals surface area contributed by atoms with E-state index in [0.29, 0.717) is 19.5 Å². The van der Waals surface area contributed by atoms with Crippen LogP contribution in [0.3, 0.4) is 0 Å². The standard InChI is InChI=1S/C22H36N2O8/c1-7-17(25)29-11-13-31-19(27)23-10-9-21(3,4)15-22(5,6)16-24-20(28)32-14-12-30-18(26)8-2/h7-8H,1-2,9-16H2,3-6H3,(H,23,27)(H,24,28). The summed E-state index contributed by atoms with van der Waals surface area (Å²) in [6.07, 6.45) is 2.35. The fourth-order valence-corrected chi connectivity index (χ4v) is 3.03. The van der Waals surface area contributed by atoms with Crippen LogP contribution in [0.15, 0.2) is 25.3 Å². The number of hydrogen-bond donors (Lipinski definition) is 2. The Morgan fingerprint density at radius 3 is 1.62 bits per heavy atom. The minimum absolute atomic E-state index is 0.0344. The van der Waals surface area contributed by atoms with E-state index in [1.54, 1.807) is 0 Å². The van der Waals surface area contributed by atoms with Crippen molar-refractivity contribution in [3.8, 4) is 0 Å². The Kier molecular flexibility index (Phi) is 13.5. The summed E-state index contributed by atoms with van der Waals surface area (Å²) in [4.78, 5) is 45.3. The lowest BCUT2D eigenvalue weighted by Gasteiger charge is -2.35. The number of ether oxygens (including phenoxy) is 4. The first kappa shape index (κ1) is 29.0. The maximum absolute atomic E-state index is 11.8. The molecule has 32 heavy (non-hydrogen) atoms. The van der Waals surface area contributed by atoms with E-state index in [0.717, 1.165) is 18.6 Å². The van der Waals surface area contributed by atoms with E-state index in [-0.39, 0.29) is 37.3 Å². The van der Waals surface area contributed by atoms with Crippen LogP contribution in [0.4, 0.5) is 9.59 Å². The van der Waals surface area contributed by atoms with E-state index < -0.39 is 24.1 Å². The quantitative estimate of drug-likeness (QED) is 0.167. The SMILES string of the molecule is C=CC(=O)OCCOC(=O)NCCC(C)(C)CC(C)(C)CNC(=O)OCCOC(=O)C=C. The topological polar surface area (TPSA) is 129 Å². The minimum atomic E-state index is -0.589. The molecule has 0 unspecified atom stereocenters. The minimum Gasteiger partial charge on any atom is -0.459 e. The van der Waals surface area contributed by atoms with Crippen LogP contribution in [-0.4, -0.2) is 63.6 Å². The zero-order valence-corrected chi connectivity index (χ0v) is 19.5. The van der Waals surface area contributed by atoms with Crippen molar-refractivity contribution in [2.45, 2.75) is 40.5 Å². The first-order valence-corrected chi connectivity index (χ1v) is 10.3. The molecule has 0 aliphatic heterocycles. The number of nitrogens with one attached hydrogen (secondary N) is 2. The van der Waals surface area contributed by atoms with E-state index in [2.05, 4.69) is 37.6 Å². The van der Waals surface area contributed by atoms with Gasteiger partial charge in [0.25, 0.3) is 0 Å². The van der Waals surface area contributed by atoms with E-state index in [9.17, 15) is 19.2 Å². The van der Waals surface area contributed by atoms with Crippen molar-refractivity contribution in [2.75, 3.05) is 39.5 Å². The molecule has 10 nitrogen and oxygen atoms in total. The van der Waals surface area contributed by atoms with Crippen molar-refractivity contribution in [3.63, 3.8) is 0 Å². The van der Waals surface area contributed by atoms with E-state index in [4.69, 9.17) is 18.9 Å². The highest BCUT2D eigenvalue weighted by atomic mass is 16.6. The zero-order valence-electron chi connectivity index (χ0n) is 19.5. The van der Waals surface area contributed by atoms with Crippen LogP contribution in [0.5, 0.6) is 0 Å². The molecular weight excluding hydrogens is 420 g/mol. The number of alkyl carbamates (subject to hydrolysis) is 2. The highest BCUT2D eigenvalue weighted by molar-refractivity contribution is 5.81. The summed E-state index contributed by atoms with van der Waals surface area (Å²) < 4.78 is 19.3. The number of hydrogen-bond acceptors (Lipinski definition) is 8. The first-order valence-electron chi connectivity index (χ1n) is 10.3. The molecule has 0 saturated carbocycles. The van der Waals surface area contributed by atoms with Crippen molar-refractivity contribution in [1.82, 2.24) is 10.6 Å². The monoisotopic (exact) mass is 456 g/mol. The lowest BCUT2D eigenvalue weighted by Crippen LogP contribution is -2.38. The molecule has 0 saturated heterocycles. The van der Waals surface area contributed by atoms with Gasteiger partial charge in [0.05, 0.1) is 0 Å². The van der Waals surface area contributed by atoms with E-state index in [1.807, 2.05) is 13.8 Å². The second-order valence-electron chi connectivity index (χ2n) is 8.55. The maximum atomic E-state index is 11.8. The van der Waals surface area contributed by atoms with Crippen LogP contribution in [0.25, 0.3) is 0 Å². The van der Waals surface area contributed by atoms with Crippen LogP contribution >= 0.6 is 0 Å². The highest BCUT2D eigenvalue weighted by Crippen LogP contribution is 2.35. The van der Waals surface area contributed by atoms with Crippen LogP contribution < -0.4 is 10.6 Å². The molecule has 0 aromatic carbocycles. The molecule has 0 aromatic heterocycles. The van der Waals surface area contributed by atoms with E-state index in [1.165, 1.54) is 0 Å². The molecular formula is C22H36N2O8. The molecule has 2 N–H and O–H groups in total. The Bertz CT molecular complexity index is 658. The summed E-state index contributed by atoms with van der Waals surface area (Å²) >= 11 is 0. The number of carbonyl (C=O) groups is 4. The molecule has 0 atom stereocenters. The van der Waals surface area contributed by atoms with Gasteiger partial charge in [-0.2, -0.15) is 0 Å². The second kappa shape index (κ2) is 14.9. The number of esters is 2. The van der Waals surface area contributed by atoms with Gasteiger partial charge in [0.1, 0.15) is 26.4 Å². The Labute approximate surface area is 189 Å². The third-order valence-corrected chi connectivity index (χ3v) is 4.19. The molecule has 0 aliphatic carbocycles.